The number of hydrogen-bond acceptors (Lipinski definition) is 3. The lowest BCUT2D eigenvalue weighted by atomic mass is 10.1. The maximum Gasteiger partial charge on any atom is 0.0626 e. The smallest absolute Gasteiger partial charge is 0.0626 e. The van der Waals surface area contributed by atoms with Crippen molar-refractivity contribution >= 4 is 5.69 Å². The maximum atomic E-state index is 5.66. The van der Waals surface area contributed by atoms with Gasteiger partial charge in [0.15, 0.2) is 0 Å². The molecule has 0 radical (unpaired) electrons. The van der Waals surface area contributed by atoms with Crippen LogP contribution in [0.1, 0.15) is 30.7 Å². The fraction of sp³-hybridized carbons (Fsp3) is 0.353. The van der Waals surface area contributed by atoms with E-state index in [0.29, 0.717) is 12.6 Å². The molecule has 0 aliphatic rings. The Morgan fingerprint density at radius 3 is 2.40 bits per heavy atom. The van der Waals surface area contributed by atoms with E-state index in [2.05, 4.69) is 61.0 Å². The van der Waals surface area contributed by atoms with Crippen molar-refractivity contribution in [3.05, 3.63) is 59.4 Å². The lowest BCUT2D eigenvalue weighted by molar-refractivity contribution is 0.671. The topological polar surface area (TPSA) is 42.2 Å². The second-order valence-corrected chi connectivity index (χ2v) is 5.36. The molecule has 3 nitrogen and oxygen atoms in total. The second kappa shape index (κ2) is 6.53. The molecule has 0 atom stereocenters. The van der Waals surface area contributed by atoms with Crippen LogP contribution in [-0.4, -0.2) is 11.0 Å². The maximum absolute atomic E-state index is 5.66. The van der Waals surface area contributed by atoms with Gasteiger partial charge in [-0.05, 0) is 50.1 Å². The Balaban J connectivity index is 2.25. The van der Waals surface area contributed by atoms with E-state index in [0.717, 1.165) is 17.8 Å². The summed E-state index contributed by atoms with van der Waals surface area (Å²) in [6.07, 6.45) is 1.86. The molecule has 0 saturated heterocycles. The van der Waals surface area contributed by atoms with E-state index in [4.69, 9.17) is 5.73 Å². The summed E-state index contributed by atoms with van der Waals surface area (Å²) in [4.78, 5) is 6.85. The SMILES string of the molecule is Cc1cccnc1CN(c1ccc(CN)cc1)C(C)C. The number of benzene rings is 1. The first-order valence-electron chi connectivity index (χ1n) is 7.08. The van der Waals surface area contributed by atoms with Gasteiger partial charge in [-0.15, -0.1) is 0 Å². The lowest BCUT2D eigenvalue weighted by Gasteiger charge is -2.29. The Hall–Kier alpha value is -1.87. The summed E-state index contributed by atoms with van der Waals surface area (Å²) >= 11 is 0. The van der Waals surface area contributed by atoms with Crippen molar-refractivity contribution in [2.75, 3.05) is 4.90 Å². The second-order valence-electron chi connectivity index (χ2n) is 5.36. The van der Waals surface area contributed by atoms with Crippen molar-refractivity contribution < 1.29 is 0 Å². The number of anilines is 1. The van der Waals surface area contributed by atoms with Gasteiger partial charge in [0.1, 0.15) is 0 Å². The van der Waals surface area contributed by atoms with Gasteiger partial charge >= 0.3 is 0 Å². The van der Waals surface area contributed by atoms with Gasteiger partial charge in [0.05, 0.1) is 12.2 Å². The molecule has 106 valence electrons. The summed E-state index contributed by atoms with van der Waals surface area (Å²) in [5.74, 6) is 0. The molecule has 0 fully saturated rings. The molecule has 1 aromatic carbocycles. The molecular formula is C17H23N3. The largest absolute Gasteiger partial charge is 0.363 e. The van der Waals surface area contributed by atoms with Gasteiger partial charge in [0.2, 0.25) is 0 Å². The van der Waals surface area contributed by atoms with E-state index in [1.54, 1.807) is 0 Å². The first-order chi connectivity index (χ1) is 9.61. The van der Waals surface area contributed by atoms with Crippen molar-refractivity contribution in [2.45, 2.75) is 39.9 Å². The number of pyridine rings is 1. The van der Waals surface area contributed by atoms with Gasteiger partial charge in [-0.1, -0.05) is 18.2 Å². The van der Waals surface area contributed by atoms with Crippen LogP contribution in [0.2, 0.25) is 0 Å². The van der Waals surface area contributed by atoms with Crippen molar-refractivity contribution in [1.82, 2.24) is 4.98 Å². The standard InChI is InChI=1S/C17H23N3/c1-13(2)20(12-17-14(3)5-4-10-19-17)16-8-6-15(11-18)7-9-16/h4-10,13H,11-12,18H2,1-3H3. The van der Waals surface area contributed by atoms with E-state index in [-0.39, 0.29) is 0 Å². The molecule has 3 heteroatoms. The van der Waals surface area contributed by atoms with E-state index in [9.17, 15) is 0 Å². The van der Waals surface area contributed by atoms with E-state index in [1.807, 2.05) is 12.3 Å². The zero-order chi connectivity index (χ0) is 14.5. The average Bonchev–Trinajstić information content (AvgIpc) is 2.46. The molecule has 2 aromatic rings. The number of hydrogen-bond donors (Lipinski definition) is 1. The van der Waals surface area contributed by atoms with Gasteiger partial charge in [0, 0.05) is 24.5 Å². The van der Waals surface area contributed by atoms with Crippen LogP contribution in [-0.2, 0) is 13.1 Å². The third-order valence-corrected chi connectivity index (χ3v) is 3.57. The van der Waals surface area contributed by atoms with Crippen molar-refractivity contribution in [3.8, 4) is 0 Å². The number of aryl methyl sites for hydroxylation is 1. The Morgan fingerprint density at radius 2 is 1.85 bits per heavy atom. The first kappa shape index (κ1) is 14.5. The van der Waals surface area contributed by atoms with E-state index < -0.39 is 0 Å². The molecule has 0 spiro atoms. The Kier molecular flexibility index (Phi) is 4.74. The highest BCUT2D eigenvalue weighted by Gasteiger charge is 2.13. The van der Waals surface area contributed by atoms with Gasteiger partial charge < -0.3 is 10.6 Å². The van der Waals surface area contributed by atoms with Crippen LogP contribution < -0.4 is 10.6 Å². The summed E-state index contributed by atoms with van der Waals surface area (Å²) < 4.78 is 0. The first-order valence-corrected chi connectivity index (χ1v) is 7.08. The van der Waals surface area contributed by atoms with Gasteiger partial charge in [-0.25, -0.2) is 0 Å². The monoisotopic (exact) mass is 269 g/mol. The number of nitrogens with zero attached hydrogens (tertiary/aromatic N) is 2. The summed E-state index contributed by atoms with van der Waals surface area (Å²) in [7, 11) is 0. The molecule has 0 aliphatic heterocycles. The molecule has 20 heavy (non-hydrogen) atoms. The molecule has 1 aromatic heterocycles. The van der Waals surface area contributed by atoms with Gasteiger partial charge in [0.25, 0.3) is 0 Å². The average molecular weight is 269 g/mol. The molecule has 0 amide bonds. The Bertz CT molecular complexity index is 546. The highest BCUT2D eigenvalue weighted by Crippen LogP contribution is 2.21. The van der Waals surface area contributed by atoms with Crippen LogP contribution in [0.25, 0.3) is 0 Å². The normalized spacial score (nSPS) is 10.8. The summed E-state index contributed by atoms with van der Waals surface area (Å²) in [5.41, 5.74) is 10.4. The van der Waals surface area contributed by atoms with Crippen LogP contribution >= 0.6 is 0 Å². The minimum Gasteiger partial charge on any atom is -0.363 e. The Morgan fingerprint density at radius 1 is 1.15 bits per heavy atom. The van der Waals surface area contributed by atoms with E-state index >= 15 is 0 Å². The van der Waals surface area contributed by atoms with Crippen LogP contribution in [0.4, 0.5) is 5.69 Å². The quantitative estimate of drug-likeness (QED) is 0.906. The number of nitrogens with two attached hydrogens (primary N) is 1. The molecule has 0 aliphatic carbocycles. The van der Waals surface area contributed by atoms with Crippen LogP contribution in [0, 0.1) is 6.92 Å². The predicted octanol–water partition coefficient (Wildman–Crippen LogP) is 3.26. The molecule has 0 unspecified atom stereocenters. The third-order valence-electron chi connectivity index (χ3n) is 3.57. The Labute approximate surface area is 121 Å². The summed E-state index contributed by atoms with van der Waals surface area (Å²) in [6.45, 7) is 7.93. The van der Waals surface area contributed by atoms with E-state index in [1.165, 1.54) is 11.3 Å². The minimum absolute atomic E-state index is 0.417. The van der Waals surface area contributed by atoms with Crippen LogP contribution in [0.15, 0.2) is 42.6 Å². The molecule has 2 N–H and O–H groups in total. The van der Waals surface area contributed by atoms with Crippen molar-refractivity contribution in [2.24, 2.45) is 5.73 Å². The summed E-state index contributed by atoms with van der Waals surface area (Å²) in [5, 5.41) is 0. The molecular weight excluding hydrogens is 246 g/mol. The van der Waals surface area contributed by atoms with Crippen LogP contribution in [0.5, 0.6) is 0 Å². The molecule has 1 heterocycles. The zero-order valence-electron chi connectivity index (χ0n) is 12.5. The number of aromatic nitrogens is 1. The predicted molar refractivity (Wildman–Crippen MR) is 84.6 cm³/mol. The van der Waals surface area contributed by atoms with Crippen molar-refractivity contribution in [1.29, 1.82) is 0 Å². The highest BCUT2D eigenvalue weighted by atomic mass is 15.2. The third kappa shape index (κ3) is 3.36. The zero-order valence-corrected chi connectivity index (χ0v) is 12.5. The molecule has 0 bridgehead atoms. The summed E-state index contributed by atoms with van der Waals surface area (Å²) in [6, 6.07) is 13.0. The highest BCUT2D eigenvalue weighted by molar-refractivity contribution is 5.49. The van der Waals surface area contributed by atoms with Crippen LogP contribution in [0.3, 0.4) is 0 Å². The molecule has 2 rings (SSSR count). The molecule has 0 saturated carbocycles. The fourth-order valence-electron chi connectivity index (χ4n) is 2.24. The number of rotatable bonds is 5. The van der Waals surface area contributed by atoms with Gasteiger partial charge in [-0.3, -0.25) is 4.98 Å². The minimum atomic E-state index is 0.417. The fourth-order valence-corrected chi connectivity index (χ4v) is 2.24. The lowest BCUT2D eigenvalue weighted by Crippen LogP contribution is -2.30. The van der Waals surface area contributed by atoms with Gasteiger partial charge in [-0.2, -0.15) is 0 Å². The van der Waals surface area contributed by atoms with Crippen molar-refractivity contribution in [3.63, 3.8) is 0 Å².